The summed E-state index contributed by atoms with van der Waals surface area (Å²) in [6.45, 7) is 0.182. The van der Waals surface area contributed by atoms with Crippen molar-refractivity contribution in [1.29, 1.82) is 0 Å². The number of nitro benzene ring substituents is 1. The lowest BCUT2D eigenvalue weighted by atomic mass is 10.1. The first-order valence-corrected chi connectivity index (χ1v) is 7.05. The minimum absolute atomic E-state index is 0.00479. The number of anilines is 1. The van der Waals surface area contributed by atoms with Crippen LogP contribution in [0.1, 0.15) is 26.3 Å². The second-order valence-electron chi connectivity index (χ2n) is 4.99. The van der Waals surface area contributed by atoms with Gasteiger partial charge in [0.05, 0.1) is 4.92 Å². The molecule has 0 spiro atoms. The number of nitrogens with zero attached hydrogens (tertiary/aromatic N) is 1. The average molecular weight is 328 g/mol. The van der Waals surface area contributed by atoms with Crippen molar-refractivity contribution in [3.63, 3.8) is 0 Å². The highest BCUT2D eigenvalue weighted by Crippen LogP contribution is 2.22. The largest absolute Gasteiger partial charge is 0.393 e. The molecule has 0 saturated heterocycles. The Kier molecular flexibility index (Phi) is 5.10. The van der Waals surface area contributed by atoms with E-state index in [-0.39, 0.29) is 29.4 Å². The van der Waals surface area contributed by atoms with Crippen LogP contribution in [0, 0.1) is 10.1 Å². The van der Waals surface area contributed by atoms with E-state index >= 15 is 0 Å². The summed E-state index contributed by atoms with van der Waals surface area (Å²) >= 11 is 0. The van der Waals surface area contributed by atoms with Crippen molar-refractivity contribution < 1.29 is 14.5 Å². The first-order valence-electron chi connectivity index (χ1n) is 7.05. The monoisotopic (exact) mass is 328 g/mol. The molecule has 8 nitrogen and oxygen atoms in total. The maximum absolute atomic E-state index is 12.1. The van der Waals surface area contributed by atoms with Gasteiger partial charge in [0.2, 0.25) is 0 Å². The van der Waals surface area contributed by atoms with E-state index in [2.05, 4.69) is 10.6 Å². The molecule has 0 heterocycles. The van der Waals surface area contributed by atoms with Crippen LogP contribution in [0.25, 0.3) is 0 Å². The van der Waals surface area contributed by atoms with E-state index in [1.807, 2.05) is 0 Å². The molecule has 0 aromatic heterocycles. The van der Waals surface area contributed by atoms with Crippen molar-refractivity contribution >= 4 is 23.2 Å². The van der Waals surface area contributed by atoms with E-state index in [0.717, 1.165) is 11.6 Å². The molecular formula is C16H16N4O4. The quantitative estimate of drug-likeness (QED) is 0.435. The van der Waals surface area contributed by atoms with Crippen molar-refractivity contribution in [3.8, 4) is 0 Å². The molecule has 8 heteroatoms. The number of nitro groups is 1. The Balaban J connectivity index is 2.10. The van der Waals surface area contributed by atoms with Crippen molar-refractivity contribution in [2.45, 2.75) is 6.54 Å². The van der Waals surface area contributed by atoms with Gasteiger partial charge in [-0.3, -0.25) is 19.7 Å². The van der Waals surface area contributed by atoms with Gasteiger partial charge in [-0.15, -0.1) is 0 Å². The third kappa shape index (κ3) is 3.86. The van der Waals surface area contributed by atoms with Crippen LogP contribution in [0.3, 0.4) is 0 Å². The molecule has 0 saturated carbocycles. The van der Waals surface area contributed by atoms with Crippen LogP contribution < -0.4 is 16.4 Å². The first kappa shape index (κ1) is 16.9. The number of benzene rings is 2. The fourth-order valence-electron chi connectivity index (χ4n) is 2.09. The second kappa shape index (κ2) is 7.23. The van der Waals surface area contributed by atoms with Crippen LogP contribution >= 0.6 is 0 Å². The number of hydrogen-bond acceptors (Lipinski definition) is 5. The van der Waals surface area contributed by atoms with Crippen molar-refractivity contribution in [2.24, 2.45) is 0 Å². The third-order valence-corrected chi connectivity index (χ3v) is 3.36. The molecule has 2 aromatic carbocycles. The lowest BCUT2D eigenvalue weighted by Crippen LogP contribution is -2.23. The van der Waals surface area contributed by atoms with Crippen LogP contribution in [0.15, 0.2) is 42.5 Å². The molecule has 0 fully saturated rings. The molecule has 0 unspecified atom stereocenters. The smallest absolute Gasteiger partial charge is 0.292 e. The SMILES string of the molecule is CNC(=O)c1cccc(CNC(=O)c2ccc(N)c([N+](=O)[O-])c2)c1. The van der Waals surface area contributed by atoms with Gasteiger partial charge in [0, 0.05) is 30.8 Å². The molecule has 2 amide bonds. The van der Waals surface area contributed by atoms with E-state index in [0.29, 0.717) is 5.56 Å². The number of nitrogens with one attached hydrogen (secondary N) is 2. The van der Waals surface area contributed by atoms with E-state index in [9.17, 15) is 19.7 Å². The summed E-state index contributed by atoms with van der Waals surface area (Å²) in [5.41, 5.74) is 6.53. The standard InChI is InChI=1S/C16H16N4O4/c1-18-15(21)11-4-2-3-10(7-11)9-19-16(22)12-5-6-13(17)14(8-12)20(23)24/h2-8H,9,17H2,1H3,(H,18,21)(H,19,22). The summed E-state index contributed by atoms with van der Waals surface area (Å²) in [4.78, 5) is 33.9. The number of rotatable bonds is 5. The van der Waals surface area contributed by atoms with Gasteiger partial charge < -0.3 is 16.4 Å². The third-order valence-electron chi connectivity index (χ3n) is 3.36. The van der Waals surface area contributed by atoms with E-state index in [4.69, 9.17) is 5.73 Å². The van der Waals surface area contributed by atoms with Gasteiger partial charge in [-0.25, -0.2) is 0 Å². The number of carbonyl (C=O) groups excluding carboxylic acids is 2. The molecule has 4 N–H and O–H groups in total. The van der Waals surface area contributed by atoms with E-state index < -0.39 is 10.8 Å². The number of hydrogen-bond donors (Lipinski definition) is 3. The Bertz CT molecular complexity index is 804. The highest BCUT2D eigenvalue weighted by atomic mass is 16.6. The summed E-state index contributed by atoms with van der Waals surface area (Å²) in [7, 11) is 1.53. The van der Waals surface area contributed by atoms with Gasteiger partial charge in [0.25, 0.3) is 17.5 Å². The molecule has 0 aliphatic heterocycles. The molecule has 124 valence electrons. The summed E-state index contributed by atoms with van der Waals surface area (Å²) in [6.07, 6.45) is 0. The maximum Gasteiger partial charge on any atom is 0.292 e. The van der Waals surface area contributed by atoms with E-state index in [1.54, 1.807) is 24.3 Å². The topological polar surface area (TPSA) is 127 Å². The molecule has 0 bridgehead atoms. The van der Waals surface area contributed by atoms with Gasteiger partial charge in [-0.1, -0.05) is 12.1 Å². The van der Waals surface area contributed by atoms with Gasteiger partial charge in [-0.2, -0.15) is 0 Å². The highest BCUT2D eigenvalue weighted by Gasteiger charge is 2.15. The van der Waals surface area contributed by atoms with Crippen molar-refractivity contribution in [3.05, 3.63) is 69.3 Å². The van der Waals surface area contributed by atoms with Gasteiger partial charge >= 0.3 is 0 Å². The molecule has 0 aliphatic rings. The molecular weight excluding hydrogens is 312 g/mol. The fraction of sp³-hybridized carbons (Fsp3) is 0.125. The predicted octanol–water partition coefficient (Wildman–Crippen LogP) is 1.47. The molecule has 0 atom stereocenters. The first-order chi connectivity index (χ1) is 11.4. The summed E-state index contributed by atoms with van der Waals surface area (Å²) in [6, 6.07) is 10.7. The minimum Gasteiger partial charge on any atom is -0.393 e. The predicted molar refractivity (Wildman–Crippen MR) is 88.5 cm³/mol. The van der Waals surface area contributed by atoms with Gasteiger partial charge in [-0.05, 0) is 29.8 Å². The van der Waals surface area contributed by atoms with Crippen LogP contribution in [0.5, 0.6) is 0 Å². The lowest BCUT2D eigenvalue weighted by molar-refractivity contribution is -0.383. The van der Waals surface area contributed by atoms with Crippen LogP contribution in [-0.2, 0) is 6.54 Å². The highest BCUT2D eigenvalue weighted by molar-refractivity contribution is 5.96. The van der Waals surface area contributed by atoms with E-state index in [1.165, 1.54) is 19.2 Å². The Hall–Kier alpha value is -3.42. The molecule has 2 rings (SSSR count). The number of nitrogens with two attached hydrogens (primary N) is 1. The Morgan fingerprint density at radius 1 is 1.12 bits per heavy atom. The van der Waals surface area contributed by atoms with Crippen LogP contribution in [-0.4, -0.2) is 23.8 Å². The van der Waals surface area contributed by atoms with Gasteiger partial charge in [0.15, 0.2) is 0 Å². The zero-order chi connectivity index (χ0) is 17.7. The molecule has 2 aromatic rings. The number of nitrogen functional groups attached to an aromatic ring is 1. The Morgan fingerprint density at radius 2 is 1.83 bits per heavy atom. The summed E-state index contributed by atoms with van der Waals surface area (Å²) in [5.74, 6) is -0.694. The van der Waals surface area contributed by atoms with Crippen molar-refractivity contribution in [1.82, 2.24) is 10.6 Å². The zero-order valence-electron chi connectivity index (χ0n) is 12.9. The second-order valence-corrected chi connectivity index (χ2v) is 4.99. The van der Waals surface area contributed by atoms with Crippen LogP contribution in [0.4, 0.5) is 11.4 Å². The fourth-order valence-corrected chi connectivity index (χ4v) is 2.09. The summed E-state index contributed by atoms with van der Waals surface area (Å²) < 4.78 is 0. The maximum atomic E-state index is 12.1. The minimum atomic E-state index is -0.640. The number of carbonyl (C=O) groups is 2. The normalized spacial score (nSPS) is 10.0. The molecule has 0 aliphatic carbocycles. The average Bonchev–Trinajstić information content (AvgIpc) is 2.59. The Morgan fingerprint density at radius 3 is 2.50 bits per heavy atom. The summed E-state index contributed by atoms with van der Waals surface area (Å²) in [5, 5.41) is 16.0. The van der Waals surface area contributed by atoms with Gasteiger partial charge in [0.1, 0.15) is 5.69 Å². The van der Waals surface area contributed by atoms with Crippen molar-refractivity contribution in [2.75, 3.05) is 12.8 Å². The Labute approximate surface area is 137 Å². The zero-order valence-corrected chi connectivity index (χ0v) is 12.9. The lowest BCUT2D eigenvalue weighted by Gasteiger charge is -2.07. The molecule has 0 radical (unpaired) electrons. The molecule has 24 heavy (non-hydrogen) atoms. The van der Waals surface area contributed by atoms with Crippen LogP contribution in [0.2, 0.25) is 0 Å². The number of amides is 2.